The number of hydrogen-bond acceptors (Lipinski definition) is 4. The molecule has 1 amide bonds. The summed E-state index contributed by atoms with van der Waals surface area (Å²) in [6.07, 6.45) is 5.84. The van der Waals surface area contributed by atoms with E-state index in [1.165, 1.54) is 25.7 Å². The Morgan fingerprint density at radius 1 is 1.16 bits per heavy atom. The number of amides is 1. The molecule has 2 aliphatic carbocycles. The number of carbonyl (C=O) groups is 1. The lowest BCUT2D eigenvalue weighted by molar-refractivity contribution is -0.0513. The van der Waals surface area contributed by atoms with Crippen molar-refractivity contribution < 1.29 is 14.3 Å². The van der Waals surface area contributed by atoms with E-state index in [1.807, 2.05) is 27.7 Å². The normalized spacial score (nSPS) is 33.0. The molecule has 2 rings (SSSR count). The van der Waals surface area contributed by atoms with E-state index in [-0.39, 0.29) is 24.3 Å². The molecule has 5 unspecified atom stereocenters. The summed E-state index contributed by atoms with van der Waals surface area (Å²) >= 11 is 0. The Balaban J connectivity index is 1.96. The van der Waals surface area contributed by atoms with Crippen LogP contribution in [-0.4, -0.2) is 42.5 Å². The smallest absolute Gasteiger partial charge is 0.407 e. The minimum absolute atomic E-state index is 0.0844. The first-order valence-electron chi connectivity index (χ1n) is 10.1. The van der Waals surface area contributed by atoms with Gasteiger partial charge in [-0.1, -0.05) is 26.7 Å². The lowest BCUT2D eigenvalue weighted by atomic mass is 9.75. The van der Waals surface area contributed by atoms with Crippen LogP contribution in [0, 0.1) is 11.8 Å². The summed E-state index contributed by atoms with van der Waals surface area (Å²) in [5, 5.41) is 6.89. The van der Waals surface area contributed by atoms with Gasteiger partial charge in [0.15, 0.2) is 0 Å². The van der Waals surface area contributed by atoms with Crippen molar-refractivity contribution in [2.24, 2.45) is 11.8 Å². The Morgan fingerprint density at radius 2 is 1.84 bits per heavy atom. The second-order valence-electron chi connectivity index (χ2n) is 8.97. The minimum atomic E-state index is -0.470. The van der Waals surface area contributed by atoms with Crippen molar-refractivity contribution in [3.8, 4) is 0 Å². The number of carbonyl (C=O) groups excluding carboxylic acids is 1. The van der Waals surface area contributed by atoms with Crippen molar-refractivity contribution >= 4 is 6.09 Å². The molecular weight excluding hydrogens is 316 g/mol. The van der Waals surface area contributed by atoms with Crippen LogP contribution in [0.4, 0.5) is 4.79 Å². The summed E-state index contributed by atoms with van der Waals surface area (Å²) < 4.78 is 11.3. The molecule has 2 saturated carbocycles. The van der Waals surface area contributed by atoms with Crippen LogP contribution in [0.15, 0.2) is 0 Å². The van der Waals surface area contributed by atoms with E-state index < -0.39 is 5.60 Å². The van der Waals surface area contributed by atoms with Crippen LogP contribution in [0.2, 0.25) is 0 Å². The third kappa shape index (κ3) is 5.85. The molecule has 25 heavy (non-hydrogen) atoms. The minimum Gasteiger partial charge on any atom is -0.444 e. The van der Waals surface area contributed by atoms with E-state index >= 15 is 0 Å². The molecular formula is C20H38N2O3. The van der Waals surface area contributed by atoms with E-state index in [2.05, 4.69) is 24.5 Å². The SMILES string of the molecule is CCOC1CC(NC(=O)OC(C)(C)C)C1NC1CCCCC1C(C)C. The van der Waals surface area contributed by atoms with Gasteiger partial charge in [0.2, 0.25) is 0 Å². The Bertz CT molecular complexity index is 433. The topological polar surface area (TPSA) is 59.6 Å². The molecule has 5 heteroatoms. The van der Waals surface area contributed by atoms with Crippen molar-refractivity contribution in [3.63, 3.8) is 0 Å². The molecule has 0 bridgehead atoms. The zero-order chi connectivity index (χ0) is 18.6. The van der Waals surface area contributed by atoms with Crippen molar-refractivity contribution in [3.05, 3.63) is 0 Å². The maximum Gasteiger partial charge on any atom is 0.407 e. The van der Waals surface area contributed by atoms with Gasteiger partial charge in [-0.05, 0) is 58.8 Å². The Hall–Kier alpha value is -0.810. The van der Waals surface area contributed by atoms with Gasteiger partial charge in [0.1, 0.15) is 5.60 Å². The average Bonchev–Trinajstić information content (AvgIpc) is 2.50. The lowest BCUT2D eigenvalue weighted by Gasteiger charge is -2.48. The van der Waals surface area contributed by atoms with Crippen molar-refractivity contribution in [2.45, 2.75) is 103 Å². The summed E-state index contributed by atoms with van der Waals surface area (Å²) in [5.74, 6) is 1.39. The number of hydrogen-bond donors (Lipinski definition) is 2. The Morgan fingerprint density at radius 3 is 2.44 bits per heavy atom. The largest absolute Gasteiger partial charge is 0.444 e. The third-order valence-electron chi connectivity index (χ3n) is 5.49. The standard InChI is InChI=1S/C20H38N2O3/c1-7-24-17-12-16(22-19(23)25-20(4,5)6)18(17)21-15-11-9-8-10-14(15)13(2)3/h13-18,21H,7-12H2,1-6H3,(H,22,23). The fraction of sp³-hybridized carbons (Fsp3) is 0.950. The van der Waals surface area contributed by atoms with Gasteiger partial charge in [-0.3, -0.25) is 0 Å². The first kappa shape index (κ1) is 20.5. The molecule has 0 heterocycles. The highest BCUT2D eigenvalue weighted by Gasteiger charge is 2.45. The van der Waals surface area contributed by atoms with E-state index in [4.69, 9.17) is 9.47 Å². The number of alkyl carbamates (subject to hydrolysis) is 1. The maximum absolute atomic E-state index is 12.1. The van der Waals surface area contributed by atoms with Crippen LogP contribution in [0.5, 0.6) is 0 Å². The predicted octanol–water partition coefficient (Wildman–Crippen LogP) is 3.86. The summed E-state index contributed by atoms with van der Waals surface area (Å²) in [5.41, 5.74) is -0.470. The lowest BCUT2D eigenvalue weighted by Crippen LogP contribution is -2.68. The summed E-state index contributed by atoms with van der Waals surface area (Å²) in [4.78, 5) is 12.1. The molecule has 2 aliphatic rings. The van der Waals surface area contributed by atoms with Crippen molar-refractivity contribution in [2.75, 3.05) is 6.61 Å². The van der Waals surface area contributed by atoms with Gasteiger partial charge in [0, 0.05) is 12.6 Å². The van der Waals surface area contributed by atoms with E-state index in [0.717, 1.165) is 6.42 Å². The fourth-order valence-corrected chi connectivity index (χ4v) is 4.24. The first-order valence-corrected chi connectivity index (χ1v) is 10.1. The Kier molecular flexibility index (Phi) is 7.15. The second kappa shape index (κ2) is 8.72. The monoisotopic (exact) mass is 354 g/mol. The van der Waals surface area contributed by atoms with Crippen LogP contribution >= 0.6 is 0 Å². The molecule has 5 nitrogen and oxygen atoms in total. The third-order valence-corrected chi connectivity index (χ3v) is 5.49. The van der Waals surface area contributed by atoms with Crippen LogP contribution in [-0.2, 0) is 9.47 Å². The molecule has 0 aliphatic heterocycles. The molecule has 0 aromatic rings. The van der Waals surface area contributed by atoms with Crippen LogP contribution < -0.4 is 10.6 Å². The summed E-state index contributed by atoms with van der Waals surface area (Å²) in [7, 11) is 0. The Labute approximate surface area is 153 Å². The van der Waals surface area contributed by atoms with E-state index in [0.29, 0.717) is 24.5 Å². The quantitative estimate of drug-likeness (QED) is 0.760. The van der Waals surface area contributed by atoms with Gasteiger partial charge >= 0.3 is 6.09 Å². The van der Waals surface area contributed by atoms with Crippen LogP contribution in [0.3, 0.4) is 0 Å². The highest BCUT2D eigenvalue weighted by molar-refractivity contribution is 5.68. The van der Waals surface area contributed by atoms with Gasteiger partial charge in [-0.15, -0.1) is 0 Å². The highest BCUT2D eigenvalue weighted by Crippen LogP contribution is 2.33. The number of ether oxygens (including phenoxy) is 2. The summed E-state index contributed by atoms with van der Waals surface area (Å²) in [6, 6.07) is 0.780. The number of nitrogens with one attached hydrogen (secondary N) is 2. The van der Waals surface area contributed by atoms with Crippen molar-refractivity contribution in [1.29, 1.82) is 0 Å². The molecule has 2 fully saturated rings. The molecule has 0 radical (unpaired) electrons. The summed E-state index contributed by atoms with van der Waals surface area (Å²) in [6.45, 7) is 13.1. The van der Waals surface area contributed by atoms with Gasteiger partial charge in [0.25, 0.3) is 0 Å². The zero-order valence-electron chi connectivity index (χ0n) is 16.9. The average molecular weight is 355 g/mol. The second-order valence-corrected chi connectivity index (χ2v) is 8.97. The van der Waals surface area contributed by atoms with Crippen molar-refractivity contribution in [1.82, 2.24) is 10.6 Å². The van der Waals surface area contributed by atoms with Gasteiger partial charge in [-0.2, -0.15) is 0 Å². The maximum atomic E-state index is 12.1. The number of rotatable bonds is 6. The molecule has 0 spiro atoms. The molecule has 2 N–H and O–H groups in total. The molecule has 146 valence electrons. The van der Waals surface area contributed by atoms with Gasteiger partial charge in [-0.25, -0.2) is 4.79 Å². The predicted molar refractivity (Wildman–Crippen MR) is 101 cm³/mol. The van der Waals surface area contributed by atoms with Crippen LogP contribution in [0.1, 0.15) is 73.6 Å². The fourth-order valence-electron chi connectivity index (χ4n) is 4.24. The van der Waals surface area contributed by atoms with Gasteiger partial charge < -0.3 is 20.1 Å². The van der Waals surface area contributed by atoms with Gasteiger partial charge in [0.05, 0.1) is 18.2 Å². The van der Waals surface area contributed by atoms with E-state index in [9.17, 15) is 4.79 Å². The highest BCUT2D eigenvalue weighted by atomic mass is 16.6. The molecule has 0 saturated heterocycles. The molecule has 0 aromatic carbocycles. The van der Waals surface area contributed by atoms with Crippen LogP contribution in [0.25, 0.3) is 0 Å². The van der Waals surface area contributed by atoms with E-state index in [1.54, 1.807) is 0 Å². The molecule has 0 aromatic heterocycles. The zero-order valence-corrected chi connectivity index (χ0v) is 16.9. The molecule has 5 atom stereocenters. The first-order chi connectivity index (χ1) is 11.7.